The molecule has 0 aliphatic heterocycles. The van der Waals surface area contributed by atoms with Crippen molar-refractivity contribution in [2.24, 2.45) is 11.7 Å². The van der Waals surface area contributed by atoms with Gasteiger partial charge in [0.05, 0.1) is 0 Å². The van der Waals surface area contributed by atoms with Crippen LogP contribution in [0.15, 0.2) is 35.2 Å². The minimum Gasteiger partial charge on any atom is -0.355 e. The number of thioether (sulfide) groups is 1. The summed E-state index contributed by atoms with van der Waals surface area (Å²) < 4.78 is 0. The molecule has 18 heavy (non-hydrogen) atoms. The van der Waals surface area contributed by atoms with Gasteiger partial charge in [-0.1, -0.05) is 32.0 Å². The Labute approximate surface area is 119 Å². The smallest absolute Gasteiger partial charge is 0.224 e. The normalized spacial score (nSPS) is 13.3. The van der Waals surface area contributed by atoms with E-state index < -0.39 is 0 Å². The third-order valence-electron chi connectivity index (χ3n) is 2.45. The first kappa shape index (κ1) is 17.3. The van der Waals surface area contributed by atoms with Gasteiger partial charge in [-0.25, -0.2) is 0 Å². The first-order valence-electron chi connectivity index (χ1n) is 5.83. The van der Waals surface area contributed by atoms with Gasteiger partial charge in [0.1, 0.15) is 0 Å². The van der Waals surface area contributed by atoms with Gasteiger partial charge in [-0.2, -0.15) is 0 Å². The largest absolute Gasteiger partial charge is 0.355 e. The van der Waals surface area contributed by atoms with Crippen molar-refractivity contribution >= 4 is 30.1 Å². The van der Waals surface area contributed by atoms with Gasteiger partial charge in [0.25, 0.3) is 0 Å². The van der Waals surface area contributed by atoms with Gasteiger partial charge in [0.2, 0.25) is 5.91 Å². The fourth-order valence-electron chi connectivity index (χ4n) is 1.30. The van der Waals surface area contributed by atoms with Crippen LogP contribution in [0.2, 0.25) is 0 Å². The molecule has 0 saturated carbocycles. The molecule has 0 aromatic heterocycles. The Morgan fingerprint density at radius 1 is 1.33 bits per heavy atom. The van der Waals surface area contributed by atoms with E-state index in [1.807, 2.05) is 25.1 Å². The highest BCUT2D eigenvalue weighted by Crippen LogP contribution is 2.21. The lowest BCUT2D eigenvalue weighted by molar-refractivity contribution is -0.124. The molecule has 3 N–H and O–H groups in total. The number of amides is 1. The second-order valence-electron chi connectivity index (χ2n) is 4.12. The number of carbonyl (C=O) groups is 1. The minimum atomic E-state index is -0.107. The summed E-state index contributed by atoms with van der Waals surface area (Å²) in [7, 11) is 0. The van der Waals surface area contributed by atoms with Gasteiger partial charge in [0.15, 0.2) is 0 Å². The fourth-order valence-corrected chi connectivity index (χ4v) is 2.24. The summed E-state index contributed by atoms with van der Waals surface area (Å²) in [6.45, 7) is 5.00. The molecule has 0 saturated heterocycles. The van der Waals surface area contributed by atoms with Crippen molar-refractivity contribution in [3.05, 3.63) is 30.3 Å². The molecule has 0 bridgehead atoms. The van der Waals surface area contributed by atoms with E-state index >= 15 is 0 Å². The van der Waals surface area contributed by atoms with Crippen LogP contribution in [0.5, 0.6) is 0 Å². The summed E-state index contributed by atoms with van der Waals surface area (Å²) in [5.74, 6) is -0.0723. The van der Waals surface area contributed by atoms with Crippen LogP contribution >= 0.6 is 24.2 Å². The topological polar surface area (TPSA) is 55.1 Å². The molecule has 2 unspecified atom stereocenters. The second kappa shape index (κ2) is 9.25. The van der Waals surface area contributed by atoms with Gasteiger partial charge in [-0.15, -0.1) is 24.2 Å². The van der Waals surface area contributed by atoms with Crippen LogP contribution in [0.25, 0.3) is 0 Å². The quantitative estimate of drug-likeness (QED) is 0.790. The van der Waals surface area contributed by atoms with Gasteiger partial charge in [-0.3, -0.25) is 4.79 Å². The summed E-state index contributed by atoms with van der Waals surface area (Å²) in [5.41, 5.74) is 5.44. The molecule has 5 heteroatoms. The van der Waals surface area contributed by atoms with Gasteiger partial charge < -0.3 is 11.1 Å². The Bertz CT molecular complexity index is 348. The zero-order chi connectivity index (χ0) is 12.7. The molecule has 0 aliphatic carbocycles. The second-order valence-corrected chi connectivity index (χ2v) is 5.64. The van der Waals surface area contributed by atoms with E-state index in [0.717, 1.165) is 0 Å². The summed E-state index contributed by atoms with van der Waals surface area (Å²) in [6.07, 6.45) is 0. The van der Waals surface area contributed by atoms with Crippen molar-refractivity contribution in [2.75, 3.05) is 13.1 Å². The number of hydrogen-bond acceptors (Lipinski definition) is 3. The number of halogens is 1. The zero-order valence-electron chi connectivity index (χ0n) is 10.8. The van der Waals surface area contributed by atoms with Crippen LogP contribution in [0, 0.1) is 5.92 Å². The van der Waals surface area contributed by atoms with E-state index in [-0.39, 0.29) is 24.2 Å². The number of hydrogen-bond donors (Lipinski definition) is 2. The molecule has 0 heterocycles. The lowest BCUT2D eigenvalue weighted by atomic mass is 10.2. The molecule has 0 fully saturated rings. The summed E-state index contributed by atoms with van der Waals surface area (Å²) in [4.78, 5) is 12.8. The van der Waals surface area contributed by atoms with Gasteiger partial charge >= 0.3 is 0 Å². The predicted octanol–water partition coefficient (Wildman–Crippen LogP) is 2.30. The number of nitrogens with one attached hydrogen (secondary N) is 1. The maximum atomic E-state index is 11.5. The molecule has 0 aliphatic rings. The first-order chi connectivity index (χ1) is 8.13. The molecular formula is C13H21ClN2OS. The van der Waals surface area contributed by atoms with Crippen LogP contribution in [0.1, 0.15) is 13.8 Å². The van der Waals surface area contributed by atoms with Crippen LogP contribution < -0.4 is 11.1 Å². The SMILES string of the molecule is CC(CNC(=O)C(C)CN)Sc1ccccc1.Cl. The Balaban J connectivity index is 0.00000289. The predicted molar refractivity (Wildman–Crippen MR) is 80.2 cm³/mol. The number of benzene rings is 1. The molecule has 102 valence electrons. The first-order valence-corrected chi connectivity index (χ1v) is 6.71. The fraction of sp³-hybridized carbons (Fsp3) is 0.462. The van der Waals surface area contributed by atoms with Crippen molar-refractivity contribution in [1.82, 2.24) is 5.32 Å². The van der Waals surface area contributed by atoms with E-state index in [2.05, 4.69) is 24.4 Å². The Hall–Kier alpha value is -0.710. The number of carbonyl (C=O) groups excluding carboxylic acids is 1. The summed E-state index contributed by atoms with van der Waals surface area (Å²) in [6, 6.07) is 10.2. The number of rotatable bonds is 6. The highest BCUT2D eigenvalue weighted by molar-refractivity contribution is 8.00. The summed E-state index contributed by atoms with van der Waals surface area (Å²) in [5, 5.41) is 3.27. The highest BCUT2D eigenvalue weighted by Gasteiger charge is 2.12. The van der Waals surface area contributed by atoms with Crippen LogP contribution in [0.4, 0.5) is 0 Å². The van der Waals surface area contributed by atoms with Crippen LogP contribution in [-0.4, -0.2) is 24.2 Å². The maximum Gasteiger partial charge on any atom is 0.224 e. The van der Waals surface area contributed by atoms with E-state index in [9.17, 15) is 4.79 Å². The maximum absolute atomic E-state index is 11.5. The molecule has 0 radical (unpaired) electrons. The van der Waals surface area contributed by atoms with Crippen LogP contribution in [0.3, 0.4) is 0 Å². The van der Waals surface area contributed by atoms with E-state index in [1.165, 1.54) is 4.90 Å². The highest BCUT2D eigenvalue weighted by atomic mass is 35.5. The third-order valence-corrected chi connectivity index (χ3v) is 3.56. The molecule has 3 nitrogen and oxygen atoms in total. The van der Waals surface area contributed by atoms with E-state index in [0.29, 0.717) is 18.3 Å². The Morgan fingerprint density at radius 2 is 1.94 bits per heavy atom. The van der Waals surface area contributed by atoms with E-state index in [1.54, 1.807) is 11.8 Å². The van der Waals surface area contributed by atoms with Crippen molar-refractivity contribution in [3.63, 3.8) is 0 Å². The summed E-state index contributed by atoms with van der Waals surface area (Å²) >= 11 is 1.76. The van der Waals surface area contributed by atoms with Gasteiger partial charge in [0, 0.05) is 29.2 Å². The molecule has 1 aromatic carbocycles. The van der Waals surface area contributed by atoms with Crippen molar-refractivity contribution in [3.8, 4) is 0 Å². The monoisotopic (exact) mass is 288 g/mol. The van der Waals surface area contributed by atoms with Crippen molar-refractivity contribution in [2.45, 2.75) is 24.0 Å². The third kappa shape index (κ3) is 6.28. The van der Waals surface area contributed by atoms with E-state index in [4.69, 9.17) is 5.73 Å². The van der Waals surface area contributed by atoms with Crippen LogP contribution in [-0.2, 0) is 4.79 Å². The molecule has 1 aromatic rings. The molecule has 0 spiro atoms. The average Bonchev–Trinajstić information content (AvgIpc) is 2.36. The molecular weight excluding hydrogens is 268 g/mol. The van der Waals surface area contributed by atoms with Crippen molar-refractivity contribution < 1.29 is 4.79 Å². The average molecular weight is 289 g/mol. The van der Waals surface area contributed by atoms with Crippen molar-refractivity contribution in [1.29, 1.82) is 0 Å². The zero-order valence-corrected chi connectivity index (χ0v) is 12.4. The lowest BCUT2D eigenvalue weighted by Crippen LogP contribution is -2.36. The molecule has 1 rings (SSSR count). The standard InChI is InChI=1S/C13H20N2OS.ClH/c1-10(8-14)13(16)15-9-11(2)17-12-6-4-3-5-7-12;/h3-7,10-11H,8-9,14H2,1-2H3,(H,15,16);1H. The lowest BCUT2D eigenvalue weighted by Gasteiger charge is -2.14. The molecule has 1 amide bonds. The Morgan fingerprint density at radius 3 is 2.50 bits per heavy atom. The number of nitrogens with two attached hydrogens (primary N) is 1. The Kier molecular flexibility index (Phi) is 8.89. The van der Waals surface area contributed by atoms with Gasteiger partial charge in [-0.05, 0) is 12.1 Å². The molecule has 2 atom stereocenters. The minimum absolute atomic E-state index is 0.